The molecule has 0 aromatic rings. The maximum Gasteiger partial charge on any atom is 0.311 e. The second-order valence-electron chi connectivity index (χ2n) is 15.2. The van der Waals surface area contributed by atoms with Crippen LogP contribution >= 0.6 is 0 Å². The van der Waals surface area contributed by atoms with Crippen molar-refractivity contribution in [1.29, 1.82) is 0 Å². The molecule has 0 heterocycles. The number of ether oxygens (including phenoxy) is 1. The highest BCUT2D eigenvalue weighted by atomic mass is 16.5. The van der Waals surface area contributed by atoms with E-state index in [4.69, 9.17) is 4.74 Å². The Morgan fingerprint density at radius 3 is 2.20 bits per heavy atom. The van der Waals surface area contributed by atoms with Crippen molar-refractivity contribution in [2.45, 2.75) is 118 Å². The van der Waals surface area contributed by atoms with Crippen molar-refractivity contribution in [3.05, 3.63) is 11.6 Å². The van der Waals surface area contributed by atoms with Crippen molar-refractivity contribution < 1.29 is 19.7 Å². The molecule has 1 unspecified atom stereocenters. The highest BCUT2D eigenvalue weighted by Gasteiger charge is 2.69. The molecule has 198 valence electrons. The van der Waals surface area contributed by atoms with Gasteiger partial charge in [0.25, 0.3) is 0 Å². The van der Waals surface area contributed by atoms with Crippen LogP contribution in [-0.2, 0) is 9.53 Å². The number of carbonyl (C=O) groups is 1. The van der Waals surface area contributed by atoms with Crippen LogP contribution in [0.15, 0.2) is 11.6 Å². The quantitative estimate of drug-likeness (QED) is 0.337. The molecule has 4 fully saturated rings. The molecule has 5 aliphatic rings. The van der Waals surface area contributed by atoms with E-state index in [1.165, 1.54) is 25.5 Å². The summed E-state index contributed by atoms with van der Waals surface area (Å²) in [5.41, 5.74) is 1.15. The smallest absolute Gasteiger partial charge is 0.311 e. The van der Waals surface area contributed by atoms with Crippen LogP contribution in [0, 0.1) is 50.2 Å². The molecular formula is C31H50O4. The van der Waals surface area contributed by atoms with E-state index in [2.05, 4.69) is 47.6 Å². The minimum atomic E-state index is -0.637. The molecule has 35 heavy (non-hydrogen) atoms. The first-order valence-corrected chi connectivity index (χ1v) is 14.3. The van der Waals surface area contributed by atoms with Crippen molar-refractivity contribution >= 4 is 5.97 Å². The number of rotatable bonds is 1. The standard InChI is InChI=1S/C31H50O4/c1-26(2)21-11-14-31(7)22(29(21,5)13-12-23(26)32)10-9-19-20-17-27(3,25(34)35-8)18-24(33)28(20,4)15-16-30(19,31)6/h9,20-24,32-33H,10-18H2,1-8H3/t20-,21?,22-,23+,24+,27-,28-,29+,30-,31-/m1/s1. The number of aliphatic hydroxyl groups is 2. The first-order chi connectivity index (χ1) is 16.1. The van der Waals surface area contributed by atoms with Crippen molar-refractivity contribution in [3.63, 3.8) is 0 Å². The average Bonchev–Trinajstić information content (AvgIpc) is 2.78. The summed E-state index contributed by atoms with van der Waals surface area (Å²) in [5.74, 6) is 1.17. The number of allylic oxidation sites excluding steroid dienone is 2. The molecule has 4 heteroatoms. The number of fused-ring (bicyclic) bond motifs is 7. The number of aliphatic hydroxyl groups excluding tert-OH is 2. The Hall–Kier alpha value is -0.870. The minimum Gasteiger partial charge on any atom is -0.469 e. The topological polar surface area (TPSA) is 66.8 Å². The lowest BCUT2D eigenvalue weighted by Crippen LogP contribution is -2.65. The van der Waals surface area contributed by atoms with E-state index in [0.717, 1.165) is 38.5 Å². The third kappa shape index (κ3) is 3.08. The van der Waals surface area contributed by atoms with Gasteiger partial charge in [0, 0.05) is 5.41 Å². The Morgan fingerprint density at radius 2 is 1.54 bits per heavy atom. The monoisotopic (exact) mass is 486 g/mol. The van der Waals surface area contributed by atoms with Gasteiger partial charge in [-0.3, -0.25) is 4.79 Å². The van der Waals surface area contributed by atoms with Crippen LogP contribution in [-0.4, -0.2) is 35.5 Å². The molecule has 0 amide bonds. The van der Waals surface area contributed by atoms with E-state index in [-0.39, 0.29) is 45.1 Å². The van der Waals surface area contributed by atoms with Gasteiger partial charge in [-0.25, -0.2) is 0 Å². The fourth-order valence-electron chi connectivity index (χ4n) is 10.9. The summed E-state index contributed by atoms with van der Waals surface area (Å²) in [7, 11) is 1.48. The van der Waals surface area contributed by atoms with Crippen LogP contribution in [0.25, 0.3) is 0 Å². The van der Waals surface area contributed by atoms with Gasteiger partial charge < -0.3 is 14.9 Å². The summed E-state index contributed by atoms with van der Waals surface area (Å²) in [4.78, 5) is 12.9. The zero-order valence-electron chi connectivity index (χ0n) is 23.5. The Balaban J connectivity index is 1.58. The molecular weight excluding hydrogens is 436 g/mol. The lowest BCUT2D eigenvalue weighted by molar-refractivity contribution is -0.209. The van der Waals surface area contributed by atoms with Gasteiger partial charge in [0.05, 0.1) is 24.7 Å². The van der Waals surface area contributed by atoms with Crippen LogP contribution in [0.2, 0.25) is 0 Å². The van der Waals surface area contributed by atoms with Gasteiger partial charge in [0.2, 0.25) is 0 Å². The Morgan fingerprint density at radius 1 is 0.857 bits per heavy atom. The third-order valence-electron chi connectivity index (χ3n) is 13.6. The molecule has 0 radical (unpaired) electrons. The van der Waals surface area contributed by atoms with E-state index in [1.807, 2.05) is 6.92 Å². The predicted octanol–water partition coefficient (Wildman–Crippen LogP) is 6.29. The van der Waals surface area contributed by atoms with Crippen molar-refractivity contribution in [3.8, 4) is 0 Å². The third-order valence-corrected chi connectivity index (χ3v) is 13.6. The average molecular weight is 487 g/mol. The van der Waals surface area contributed by atoms with Crippen LogP contribution in [0.4, 0.5) is 0 Å². The fourth-order valence-corrected chi connectivity index (χ4v) is 10.9. The van der Waals surface area contributed by atoms with Gasteiger partial charge in [-0.15, -0.1) is 0 Å². The lowest BCUT2D eigenvalue weighted by Gasteiger charge is -2.71. The number of carbonyl (C=O) groups excluding carboxylic acids is 1. The minimum absolute atomic E-state index is 0.0415. The second kappa shape index (κ2) is 7.59. The summed E-state index contributed by atoms with van der Waals surface area (Å²) >= 11 is 0. The van der Waals surface area contributed by atoms with Crippen molar-refractivity contribution in [1.82, 2.24) is 0 Å². The second-order valence-corrected chi connectivity index (χ2v) is 15.2. The molecule has 4 saturated carbocycles. The first-order valence-electron chi connectivity index (χ1n) is 14.3. The van der Waals surface area contributed by atoms with Gasteiger partial charge in [-0.2, -0.15) is 0 Å². The largest absolute Gasteiger partial charge is 0.469 e. The number of hydrogen-bond donors (Lipinski definition) is 2. The van der Waals surface area contributed by atoms with E-state index in [0.29, 0.717) is 18.3 Å². The Bertz CT molecular complexity index is 938. The van der Waals surface area contributed by atoms with Crippen LogP contribution in [0.5, 0.6) is 0 Å². The van der Waals surface area contributed by atoms with Crippen molar-refractivity contribution in [2.24, 2.45) is 50.2 Å². The molecule has 2 N–H and O–H groups in total. The summed E-state index contributed by atoms with van der Waals surface area (Å²) < 4.78 is 5.23. The highest BCUT2D eigenvalue weighted by molar-refractivity contribution is 5.76. The van der Waals surface area contributed by atoms with Gasteiger partial charge in [0.15, 0.2) is 0 Å². The molecule has 0 aromatic heterocycles. The molecule has 0 aromatic carbocycles. The lowest BCUT2D eigenvalue weighted by atomic mass is 9.33. The molecule has 0 spiro atoms. The molecule has 0 bridgehead atoms. The Labute approximate surface area is 213 Å². The van der Waals surface area contributed by atoms with Gasteiger partial charge in [0.1, 0.15) is 0 Å². The molecule has 4 nitrogen and oxygen atoms in total. The summed E-state index contributed by atoms with van der Waals surface area (Å²) in [6.07, 6.45) is 10.7. The summed E-state index contributed by atoms with van der Waals surface area (Å²) in [6, 6.07) is 0. The van der Waals surface area contributed by atoms with Gasteiger partial charge in [-0.1, -0.05) is 53.2 Å². The van der Waals surface area contributed by atoms with E-state index in [9.17, 15) is 15.0 Å². The number of methoxy groups -OCH3 is 1. The fraction of sp³-hybridized carbons (Fsp3) is 0.903. The molecule has 0 saturated heterocycles. The Kier molecular flexibility index (Phi) is 5.59. The number of hydrogen-bond acceptors (Lipinski definition) is 4. The maximum atomic E-state index is 12.9. The summed E-state index contributed by atoms with van der Waals surface area (Å²) in [5, 5.41) is 22.3. The number of esters is 1. The normalized spacial score (nSPS) is 54.9. The molecule has 0 aliphatic heterocycles. The van der Waals surface area contributed by atoms with Gasteiger partial charge in [-0.05, 0) is 104 Å². The SMILES string of the molecule is COC(=O)[C@]1(C)C[C@@H]2C3=CC[C@@H]4[C@@]5(C)CC[C@H](O)C(C)(C)C5CC[C@@]4(C)[C@]3(C)CC[C@@]2(C)[C@@H](O)C1. The molecule has 5 aliphatic carbocycles. The maximum absolute atomic E-state index is 12.9. The zero-order valence-corrected chi connectivity index (χ0v) is 23.5. The van der Waals surface area contributed by atoms with Crippen molar-refractivity contribution in [2.75, 3.05) is 7.11 Å². The predicted molar refractivity (Wildman–Crippen MR) is 138 cm³/mol. The zero-order chi connectivity index (χ0) is 25.8. The van der Waals surface area contributed by atoms with E-state index >= 15 is 0 Å². The molecule has 10 atom stereocenters. The molecule has 5 rings (SSSR count). The van der Waals surface area contributed by atoms with Gasteiger partial charge >= 0.3 is 5.97 Å². The van der Waals surface area contributed by atoms with Crippen LogP contribution in [0.1, 0.15) is 106 Å². The van der Waals surface area contributed by atoms with E-state index < -0.39 is 11.5 Å². The van der Waals surface area contributed by atoms with Crippen LogP contribution in [0.3, 0.4) is 0 Å². The van der Waals surface area contributed by atoms with Crippen LogP contribution < -0.4 is 0 Å². The highest BCUT2D eigenvalue weighted by Crippen LogP contribution is 2.75. The van der Waals surface area contributed by atoms with E-state index in [1.54, 1.807) is 0 Å². The summed E-state index contributed by atoms with van der Waals surface area (Å²) in [6.45, 7) is 16.5. The first kappa shape index (κ1) is 25.8.